The van der Waals surface area contributed by atoms with Crippen molar-refractivity contribution < 1.29 is 28.2 Å². The molecule has 0 saturated carbocycles. The summed E-state index contributed by atoms with van der Waals surface area (Å²) in [4.78, 5) is 25.7. The smallest absolute Gasteiger partial charge is 0.277 e. The van der Waals surface area contributed by atoms with Crippen LogP contribution in [0.1, 0.15) is 18.4 Å². The molecule has 2 heterocycles. The lowest BCUT2D eigenvalue weighted by atomic mass is 10.2. The van der Waals surface area contributed by atoms with Gasteiger partial charge in [-0.05, 0) is 36.4 Å². The number of fused-ring (bicyclic) bond motifs is 1. The van der Waals surface area contributed by atoms with E-state index in [-0.39, 0.29) is 42.3 Å². The van der Waals surface area contributed by atoms with E-state index in [2.05, 4.69) is 10.2 Å². The number of thioether (sulfide) groups is 1. The fourth-order valence-corrected chi connectivity index (χ4v) is 3.78. The molecule has 0 fully saturated rings. The van der Waals surface area contributed by atoms with Crippen LogP contribution in [-0.4, -0.2) is 48.0 Å². The Morgan fingerprint density at radius 3 is 2.64 bits per heavy atom. The molecule has 1 aromatic heterocycles. The van der Waals surface area contributed by atoms with Gasteiger partial charge in [0.25, 0.3) is 11.1 Å². The van der Waals surface area contributed by atoms with E-state index in [1.807, 2.05) is 18.2 Å². The summed E-state index contributed by atoms with van der Waals surface area (Å²) >= 11 is 1.10. The Morgan fingerprint density at radius 1 is 1.15 bits per heavy atom. The van der Waals surface area contributed by atoms with E-state index in [0.29, 0.717) is 22.9 Å². The number of para-hydroxylation sites is 2. The first-order valence-electron chi connectivity index (χ1n) is 10.1. The monoisotopic (exact) mass is 470 g/mol. The molecule has 1 atom stereocenters. The molecular weight excluding hydrogens is 448 g/mol. The van der Waals surface area contributed by atoms with Crippen LogP contribution in [0.4, 0.5) is 5.69 Å². The molecule has 172 valence electrons. The number of aromatic nitrogens is 2. The van der Waals surface area contributed by atoms with Crippen LogP contribution in [0, 0.1) is 0 Å². The quantitative estimate of drug-likeness (QED) is 0.469. The zero-order chi connectivity index (χ0) is 23.2. The number of nitrogens with zero attached hydrogens (tertiary/aromatic N) is 3. The summed E-state index contributed by atoms with van der Waals surface area (Å²) in [5, 5.41) is 8.25. The van der Waals surface area contributed by atoms with Crippen LogP contribution in [0.25, 0.3) is 0 Å². The summed E-state index contributed by atoms with van der Waals surface area (Å²) < 4.78 is 22.4. The third-order valence-corrected chi connectivity index (χ3v) is 5.60. The van der Waals surface area contributed by atoms with E-state index in [1.54, 1.807) is 37.4 Å². The predicted octanol–water partition coefficient (Wildman–Crippen LogP) is 2.59. The number of ether oxygens (including phenoxy) is 3. The Hall–Kier alpha value is -3.73. The number of methoxy groups -OCH3 is 1. The van der Waals surface area contributed by atoms with Gasteiger partial charge in [0, 0.05) is 18.7 Å². The average molecular weight is 471 g/mol. The molecule has 4 rings (SSSR count). The molecule has 1 aliphatic rings. The van der Waals surface area contributed by atoms with Gasteiger partial charge >= 0.3 is 0 Å². The number of nitrogens with two attached hydrogens (primary N) is 1. The highest BCUT2D eigenvalue weighted by Crippen LogP contribution is 2.36. The molecule has 2 aromatic carbocycles. The fourth-order valence-electron chi connectivity index (χ4n) is 3.13. The third-order valence-electron chi connectivity index (χ3n) is 4.79. The van der Waals surface area contributed by atoms with Gasteiger partial charge in [0.1, 0.15) is 12.4 Å². The van der Waals surface area contributed by atoms with Gasteiger partial charge in [0.05, 0.1) is 12.9 Å². The van der Waals surface area contributed by atoms with E-state index in [4.69, 9.17) is 24.4 Å². The lowest BCUT2D eigenvalue weighted by Gasteiger charge is -2.23. The molecule has 0 aliphatic carbocycles. The van der Waals surface area contributed by atoms with Crippen LogP contribution < -0.4 is 24.8 Å². The number of carbonyl (C=O) groups excluding carboxylic acids is 2. The third kappa shape index (κ3) is 5.55. The van der Waals surface area contributed by atoms with Crippen molar-refractivity contribution in [3.63, 3.8) is 0 Å². The first-order chi connectivity index (χ1) is 16.0. The lowest BCUT2D eigenvalue weighted by Crippen LogP contribution is -2.35. The minimum absolute atomic E-state index is 0.0251. The highest BCUT2D eigenvalue weighted by Gasteiger charge is 2.27. The Balaban J connectivity index is 1.39. The molecule has 1 aliphatic heterocycles. The summed E-state index contributed by atoms with van der Waals surface area (Å²) in [6.45, 7) is 0.392. The standard InChI is InChI=1S/C22H22N4O6S/c1-29-15-8-6-14(7-9-15)26(11-10-19(23)27)20(28)13-33-22-25-24-21(32-22)18-12-30-16-4-2-3-5-17(16)31-18/h2-9,18H,10-13H2,1H3,(H2,23,27). The summed E-state index contributed by atoms with van der Waals surface area (Å²) in [5.74, 6) is 1.47. The number of amides is 2. The maximum Gasteiger partial charge on any atom is 0.277 e. The summed E-state index contributed by atoms with van der Waals surface area (Å²) in [6, 6.07) is 14.3. The largest absolute Gasteiger partial charge is 0.497 e. The number of hydrogen-bond acceptors (Lipinski definition) is 9. The van der Waals surface area contributed by atoms with E-state index >= 15 is 0 Å². The Kier molecular flexibility index (Phi) is 6.98. The van der Waals surface area contributed by atoms with Crippen molar-refractivity contribution in [2.24, 2.45) is 5.73 Å². The maximum absolute atomic E-state index is 12.9. The van der Waals surface area contributed by atoms with E-state index in [1.165, 1.54) is 4.90 Å². The summed E-state index contributed by atoms with van der Waals surface area (Å²) in [5.41, 5.74) is 5.90. The molecule has 0 bridgehead atoms. The van der Waals surface area contributed by atoms with Gasteiger partial charge in [0.15, 0.2) is 11.5 Å². The number of benzene rings is 2. The first-order valence-corrected chi connectivity index (χ1v) is 11.1. The van der Waals surface area contributed by atoms with Crippen molar-refractivity contribution in [3.8, 4) is 17.2 Å². The van der Waals surface area contributed by atoms with Gasteiger partial charge in [-0.3, -0.25) is 9.59 Å². The highest BCUT2D eigenvalue weighted by atomic mass is 32.2. The Labute approximate surface area is 194 Å². The van der Waals surface area contributed by atoms with E-state index < -0.39 is 12.0 Å². The van der Waals surface area contributed by atoms with Crippen LogP contribution in [-0.2, 0) is 9.59 Å². The van der Waals surface area contributed by atoms with Crippen LogP contribution in [0.2, 0.25) is 0 Å². The van der Waals surface area contributed by atoms with Crippen LogP contribution in [0.5, 0.6) is 17.2 Å². The van der Waals surface area contributed by atoms with Crippen molar-refractivity contribution in [3.05, 3.63) is 54.4 Å². The molecule has 0 radical (unpaired) electrons. The van der Waals surface area contributed by atoms with Crippen molar-refractivity contribution in [1.82, 2.24) is 10.2 Å². The summed E-state index contributed by atoms with van der Waals surface area (Å²) in [6.07, 6.45) is -0.503. The minimum Gasteiger partial charge on any atom is -0.497 e. The number of primary amides is 1. The highest BCUT2D eigenvalue weighted by molar-refractivity contribution is 7.99. The molecule has 0 spiro atoms. The predicted molar refractivity (Wildman–Crippen MR) is 119 cm³/mol. The normalized spacial score (nSPS) is 14.5. The molecule has 33 heavy (non-hydrogen) atoms. The molecule has 0 saturated heterocycles. The first kappa shape index (κ1) is 22.5. The van der Waals surface area contributed by atoms with Gasteiger partial charge in [-0.2, -0.15) is 0 Å². The van der Waals surface area contributed by atoms with Crippen LogP contribution in [0.15, 0.2) is 58.2 Å². The number of anilines is 1. The molecule has 2 amide bonds. The number of hydrogen-bond donors (Lipinski definition) is 1. The molecule has 2 N–H and O–H groups in total. The van der Waals surface area contributed by atoms with Gasteiger partial charge in [-0.25, -0.2) is 0 Å². The molecule has 3 aromatic rings. The number of carbonyl (C=O) groups is 2. The van der Waals surface area contributed by atoms with Gasteiger partial charge < -0.3 is 29.3 Å². The number of rotatable bonds is 9. The Morgan fingerprint density at radius 2 is 1.91 bits per heavy atom. The minimum atomic E-state index is -0.538. The topological polar surface area (TPSA) is 130 Å². The molecule has 1 unspecified atom stereocenters. The maximum atomic E-state index is 12.9. The fraction of sp³-hybridized carbons (Fsp3) is 0.273. The van der Waals surface area contributed by atoms with Gasteiger partial charge in [-0.1, -0.05) is 23.9 Å². The van der Waals surface area contributed by atoms with Crippen molar-refractivity contribution in [2.75, 3.05) is 30.9 Å². The van der Waals surface area contributed by atoms with Crippen molar-refractivity contribution in [2.45, 2.75) is 17.7 Å². The van der Waals surface area contributed by atoms with Crippen LogP contribution >= 0.6 is 11.8 Å². The lowest BCUT2D eigenvalue weighted by molar-refractivity contribution is -0.118. The van der Waals surface area contributed by atoms with E-state index in [0.717, 1.165) is 11.8 Å². The zero-order valence-electron chi connectivity index (χ0n) is 17.8. The second kappa shape index (κ2) is 10.3. The van der Waals surface area contributed by atoms with Crippen LogP contribution in [0.3, 0.4) is 0 Å². The SMILES string of the molecule is COc1ccc(N(CCC(N)=O)C(=O)CSc2nnc(C3COc4ccccc4O3)o2)cc1. The molecule has 11 heteroatoms. The van der Waals surface area contributed by atoms with Crippen molar-refractivity contribution >= 4 is 29.3 Å². The second-order valence-electron chi connectivity index (χ2n) is 7.02. The molecular formula is C22H22N4O6S. The van der Waals surface area contributed by atoms with Gasteiger partial charge in [0.2, 0.25) is 17.9 Å². The van der Waals surface area contributed by atoms with E-state index in [9.17, 15) is 9.59 Å². The Bertz CT molecular complexity index is 1120. The molecule has 10 nitrogen and oxygen atoms in total. The average Bonchev–Trinajstić information content (AvgIpc) is 3.32. The van der Waals surface area contributed by atoms with Crippen molar-refractivity contribution in [1.29, 1.82) is 0 Å². The van der Waals surface area contributed by atoms with Gasteiger partial charge in [-0.15, -0.1) is 10.2 Å². The second-order valence-corrected chi connectivity index (χ2v) is 7.95. The zero-order valence-corrected chi connectivity index (χ0v) is 18.6. The summed E-state index contributed by atoms with van der Waals surface area (Å²) in [7, 11) is 1.56.